The molecular weight excluding hydrogens is 432 g/mol. The molecule has 2 aliphatic heterocycles. The second-order valence-corrected chi connectivity index (χ2v) is 11.6. The fourth-order valence-electron chi connectivity index (χ4n) is 5.58. The van der Waals surface area contributed by atoms with E-state index in [1.54, 1.807) is 11.3 Å². The van der Waals surface area contributed by atoms with E-state index in [1.807, 2.05) is 18.2 Å². The Balaban J connectivity index is 1.18. The zero-order chi connectivity index (χ0) is 21.9. The van der Waals surface area contributed by atoms with Crippen molar-refractivity contribution in [3.63, 3.8) is 0 Å². The smallest absolute Gasteiger partial charge is 0.197 e. The van der Waals surface area contributed by atoms with Crippen LogP contribution >= 0.6 is 23.1 Å². The molecule has 3 aromatic rings. The highest BCUT2D eigenvalue weighted by Gasteiger charge is 2.32. The predicted molar refractivity (Wildman–Crippen MR) is 143 cm³/mol. The number of thioether (sulfide) groups is 1. The predicted octanol–water partition coefficient (Wildman–Crippen LogP) is 6.52. The van der Waals surface area contributed by atoms with Crippen LogP contribution in [0.5, 0.6) is 0 Å². The number of hydrogen-bond donors (Lipinski definition) is 1. The fraction of sp³-hybridized carbons (Fsp3) is 0.519. The summed E-state index contributed by atoms with van der Waals surface area (Å²) in [5.41, 5.74) is 2.33. The highest BCUT2D eigenvalue weighted by Crippen LogP contribution is 2.33. The lowest BCUT2D eigenvalue weighted by atomic mass is 9.85. The zero-order valence-corrected chi connectivity index (χ0v) is 20.7. The van der Waals surface area contributed by atoms with Crippen LogP contribution in [0, 0.1) is 12.8 Å². The summed E-state index contributed by atoms with van der Waals surface area (Å²) in [7, 11) is 0. The third-order valence-corrected chi connectivity index (χ3v) is 9.81. The topological polar surface area (TPSA) is 32.3 Å². The van der Waals surface area contributed by atoms with Crippen LogP contribution in [-0.2, 0) is 0 Å². The molecule has 2 aliphatic rings. The number of piperidine rings is 2. The average Bonchev–Trinajstić information content (AvgIpc) is 2.83. The van der Waals surface area contributed by atoms with Crippen molar-refractivity contribution in [2.45, 2.75) is 51.5 Å². The lowest BCUT2D eigenvalue weighted by Crippen LogP contribution is -2.48. The van der Waals surface area contributed by atoms with Gasteiger partial charge in [-0.05, 0) is 93.3 Å². The van der Waals surface area contributed by atoms with Crippen LogP contribution in [0.4, 0.5) is 5.69 Å². The highest BCUT2D eigenvalue weighted by atomic mass is 32.2. The molecule has 0 amide bonds. The minimum absolute atomic E-state index is 0.157. The molecule has 2 aromatic carbocycles. The van der Waals surface area contributed by atoms with Crippen LogP contribution in [-0.4, -0.2) is 42.1 Å². The molecule has 3 heterocycles. The number of nitrogens with one attached hydrogen (secondary N) is 1. The van der Waals surface area contributed by atoms with Crippen molar-refractivity contribution in [2.24, 2.45) is 5.92 Å². The summed E-state index contributed by atoms with van der Waals surface area (Å²) in [6.07, 6.45) is 8.18. The van der Waals surface area contributed by atoms with E-state index in [0.29, 0.717) is 0 Å². The Kier molecular flexibility index (Phi) is 7.05. The molecule has 0 radical (unpaired) electrons. The van der Waals surface area contributed by atoms with Crippen molar-refractivity contribution in [1.82, 2.24) is 4.90 Å². The summed E-state index contributed by atoms with van der Waals surface area (Å²) >= 11 is 3.87. The number of aryl methyl sites for hydroxylation is 1. The van der Waals surface area contributed by atoms with Crippen molar-refractivity contribution < 1.29 is 0 Å². The average molecular weight is 467 g/mol. The van der Waals surface area contributed by atoms with E-state index in [0.717, 1.165) is 50.8 Å². The van der Waals surface area contributed by atoms with Gasteiger partial charge in [0.2, 0.25) is 0 Å². The summed E-state index contributed by atoms with van der Waals surface area (Å²) in [6, 6.07) is 13.1. The maximum absolute atomic E-state index is 13.2. The van der Waals surface area contributed by atoms with Gasteiger partial charge in [-0.2, -0.15) is 11.8 Å². The number of nitrogens with zero attached hydrogens (tertiary/aromatic N) is 1. The van der Waals surface area contributed by atoms with Gasteiger partial charge in [0.1, 0.15) is 0 Å². The number of rotatable bonds is 7. The first-order chi connectivity index (χ1) is 15.7. The van der Waals surface area contributed by atoms with Crippen LogP contribution < -0.4 is 10.7 Å². The zero-order valence-electron chi connectivity index (χ0n) is 19.1. The number of benzene rings is 2. The molecule has 3 nitrogen and oxygen atoms in total. The summed E-state index contributed by atoms with van der Waals surface area (Å²) in [6.45, 7) is 5.69. The van der Waals surface area contributed by atoms with Gasteiger partial charge in [0, 0.05) is 33.1 Å². The molecule has 1 aromatic heterocycles. The van der Waals surface area contributed by atoms with Gasteiger partial charge in [0.05, 0.1) is 5.39 Å². The molecule has 0 saturated carbocycles. The fourth-order valence-corrected chi connectivity index (χ4v) is 7.96. The maximum atomic E-state index is 13.2. The first-order valence-electron chi connectivity index (χ1n) is 12.2. The number of fused-ring (bicyclic) bond motifs is 3. The Morgan fingerprint density at radius 3 is 2.91 bits per heavy atom. The molecular formula is C27H34N2OS2. The lowest BCUT2D eigenvalue weighted by molar-refractivity contribution is 0.0693. The molecule has 32 heavy (non-hydrogen) atoms. The summed E-state index contributed by atoms with van der Waals surface area (Å²) < 4.78 is 2.18. The normalized spacial score (nSPS) is 21.7. The van der Waals surface area contributed by atoms with E-state index >= 15 is 0 Å². The van der Waals surface area contributed by atoms with Crippen LogP contribution in [0.3, 0.4) is 0 Å². The Morgan fingerprint density at radius 1 is 1.09 bits per heavy atom. The first kappa shape index (κ1) is 22.2. The van der Waals surface area contributed by atoms with Gasteiger partial charge < -0.3 is 10.2 Å². The number of anilines is 1. The SMILES string of the molecule is Cc1ccc(NCCCSC[C@@H]2CCCN3CCCC[C@H]23)c2c(=O)c3ccccc3sc12. The molecule has 5 heteroatoms. The number of hydrogen-bond acceptors (Lipinski definition) is 5. The van der Waals surface area contributed by atoms with Gasteiger partial charge in [0.15, 0.2) is 5.43 Å². The Bertz CT molecular complexity index is 1140. The third kappa shape index (κ3) is 4.57. The second-order valence-electron chi connectivity index (χ2n) is 9.42. The molecule has 5 rings (SSSR count). The molecule has 0 aliphatic carbocycles. The molecule has 2 atom stereocenters. The van der Waals surface area contributed by atoms with E-state index in [-0.39, 0.29) is 5.43 Å². The van der Waals surface area contributed by atoms with E-state index in [9.17, 15) is 4.79 Å². The van der Waals surface area contributed by atoms with Crippen molar-refractivity contribution in [1.29, 1.82) is 0 Å². The standard InChI is InChI=1S/C27H34N2OS2/c1-19-12-13-22(25-26(30)21-9-2-3-11-24(21)32-27(19)25)28-14-7-17-31-18-20-8-6-16-29-15-5-4-10-23(20)29/h2-3,9,11-13,20,23,28H,4-8,10,14-18H2,1H3/t20-,23+/m0/s1. The van der Waals surface area contributed by atoms with E-state index in [4.69, 9.17) is 0 Å². The van der Waals surface area contributed by atoms with Gasteiger partial charge in [-0.15, -0.1) is 11.3 Å². The summed E-state index contributed by atoms with van der Waals surface area (Å²) in [5.74, 6) is 3.39. The molecule has 1 N–H and O–H groups in total. The van der Waals surface area contributed by atoms with Gasteiger partial charge in [-0.25, -0.2) is 0 Å². The maximum Gasteiger partial charge on any atom is 0.197 e. The van der Waals surface area contributed by atoms with Crippen molar-refractivity contribution in [3.8, 4) is 0 Å². The minimum Gasteiger partial charge on any atom is -0.384 e. The van der Waals surface area contributed by atoms with Crippen LogP contribution in [0.2, 0.25) is 0 Å². The van der Waals surface area contributed by atoms with Crippen molar-refractivity contribution >= 4 is 49.0 Å². The monoisotopic (exact) mass is 466 g/mol. The Labute approximate surface area is 199 Å². The van der Waals surface area contributed by atoms with Gasteiger partial charge in [-0.1, -0.05) is 24.6 Å². The van der Waals surface area contributed by atoms with Crippen molar-refractivity contribution in [2.75, 3.05) is 36.5 Å². The molecule has 0 bridgehead atoms. The summed E-state index contributed by atoms with van der Waals surface area (Å²) in [5, 5.41) is 5.28. The van der Waals surface area contributed by atoms with Gasteiger partial charge in [-0.3, -0.25) is 4.79 Å². The largest absolute Gasteiger partial charge is 0.384 e. The second kappa shape index (κ2) is 10.1. The van der Waals surface area contributed by atoms with Crippen LogP contribution in [0.1, 0.15) is 44.1 Å². The molecule has 2 saturated heterocycles. The van der Waals surface area contributed by atoms with E-state index in [2.05, 4.69) is 47.1 Å². The quantitative estimate of drug-likeness (QED) is 0.317. The summed E-state index contributed by atoms with van der Waals surface area (Å²) in [4.78, 5) is 16.0. The van der Waals surface area contributed by atoms with Crippen molar-refractivity contribution in [3.05, 3.63) is 52.2 Å². The third-order valence-electron chi connectivity index (χ3n) is 7.27. The Morgan fingerprint density at radius 2 is 1.97 bits per heavy atom. The first-order valence-corrected chi connectivity index (χ1v) is 14.2. The van der Waals surface area contributed by atoms with Crippen LogP contribution in [0.15, 0.2) is 41.2 Å². The molecule has 2 fully saturated rings. The van der Waals surface area contributed by atoms with Crippen LogP contribution in [0.25, 0.3) is 20.2 Å². The highest BCUT2D eigenvalue weighted by molar-refractivity contribution is 7.99. The molecule has 170 valence electrons. The van der Waals surface area contributed by atoms with E-state index in [1.165, 1.54) is 62.3 Å². The van der Waals surface area contributed by atoms with E-state index < -0.39 is 0 Å². The van der Waals surface area contributed by atoms with Gasteiger partial charge >= 0.3 is 0 Å². The molecule has 0 spiro atoms. The Hall–Kier alpha value is -1.56. The minimum atomic E-state index is 0.157. The molecule has 0 unspecified atom stereocenters. The van der Waals surface area contributed by atoms with Gasteiger partial charge in [0.25, 0.3) is 0 Å². The lowest BCUT2D eigenvalue weighted by Gasteiger charge is -2.44.